The molecule has 0 amide bonds. The average Bonchev–Trinajstić information content (AvgIpc) is 2.84. The summed E-state index contributed by atoms with van der Waals surface area (Å²) in [6, 6.07) is 8.72. The van der Waals surface area contributed by atoms with Crippen LogP contribution in [0.5, 0.6) is 0 Å². The van der Waals surface area contributed by atoms with Crippen molar-refractivity contribution in [2.45, 2.75) is 26.3 Å². The maximum absolute atomic E-state index is 10.8. The van der Waals surface area contributed by atoms with Gasteiger partial charge in [0.15, 0.2) is 0 Å². The van der Waals surface area contributed by atoms with E-state index in [4.69, 9.17) is 4.42 Å². The van der Waals surface area contributed by atoms with E-state index in [1.165, 1.54) is 6.07 Å². The summed E-state index contributed by atoms with van der Waals surface area (Å²) in [5.74, 6) is 0.892. The Labute approximate surface area is 111 Å². The second kappa shape index (κ2) is 5.56. The molecule has 5 nitrogen and oxygen atoms in total. The minimum Gasteiger partial charge on any atom is -0.469 e. The molecule has 1 heterocycles. The Balaban J connectivity index is 2.09. The molecule has 0 fully saturated rings. The van der Waals surface area contributed by atoms with E-state index in [1.807, 2.05) is 26.0 Å². The van der Waals surface area contributed by atoms with Gasteiger partial charge < -0.3 is 9.73 Å². The third-order valence-electron chi connectivity index (χ3n) is 2.92. The Hall–Kier alpha value is -2.30. The predicted molar refractivity (Wildman–Crippen MR) is 73.3 cm³/mol. The zero-order valence-electron chi connectivity index (χ0n) is 10.9. The summed E-state index contributed by atoms with van der Waals surface area (Å²) in [5.41, 5.74) is 1.86. The smallest absolute Gasteiger partial charge is 0.271 e. The Bertz CT molecular complexity index is 564. The topological polar surface area (TPSA) is 68.3 Å². The summed E-state index contributed by atoms with van der Waals surface area (Å²) in [5, 5.41) is 14.0. The second-order valence-corrected chi connectivity index (χ2v) is 4.59. The number of hydrogen-bond acceptors (Lipinski definition) is 4. The zero-order chi connectivity index (χ0) is 13.8. The highest BCUT2D eigenvalue weighted by Gasteiger charge is 2.11. The lowest BCUT2D eigenvalue weighted by atomic mass is 10.1. The van der Waals surface area contributed by atoms with E-state index in [1.54, 1.807) is 18.4 Å². The van der Waals surface area contributed by atoms with Gasteiger partial charge in [-0.25, -0.2) is 0 Å². The van der Waals surface area contributed by atoms with Crippen LogP contribution in [0.4, 0.5) is 11.4 Å². The fraction of sp³-hybridized carbons (Fsp3) is 0.286. The van der Waals surface area contributed by atoms with Gasteiger partial charge in [0.05, 0.1) is 11.2 Å². The van der Waals surface area contributed by atoms with Crippen molar-refractivity contribution in [3.8, 4) is 0 Å². The van der Waals surface area contributed by atoms with Crippen molar-refractivity contribution in [1.29, 1.82) is 0 Å². The Morgan fingerprint density at radius 2 is 2.21 bits per heavy atom. The summed E-state index contributed by atoms with van der Waals surface area (Å²) in [6.45, 7) is 3.94. The van der Waals surface area contributed by atoms with Gasteiger partial charge in [-0.05, 0) is 31.5 Å². The van der Waals surface area contributed by atoms with Crippen molar-refractivity contribution >= 4 is 11.4 Å². The van der Waals surface area contributed by atoms with Crippen molar-refractivity contribution in [2.75, 3.05) is 5.32 Å². The number of furan rings is 1. The van der Waals surface area contributed by atoms with Gasteiger partial charge in [0, 0.05) is 30.3 Å². The molecule has 0 aliphatic heterocycles. The van der Waals surface area contributed by atoms with Gasteiger partial charge in [-0.1, -0.05) is 6.07 Å². The molecule has 1 N–H and O–H groups in total. The first-order valence-electron chi connectivity index (χ1n) is 6.10. The summed E-state index contributed by atoms with van der Waals surface area (Å²) < 4.78 is 5.29. The van der Waals surface area contributed by atoms with Crippen LogP contribution in [0.15, 0.2) is 41.0 Å². The number of nitrogens with one attached hydrogen (secondary N) is 1. The molecule has 1 aromatic carbocycles. The van der Waals surface area contributed by atoms with Crippen LogP contribution in [0.2, 0.25) is 0 Å². The Morgan fingerprint density at radius 3 is 2.84 bits per heavy atom. The number of anilines is 1. The molecule has 1 atom stereocenters. The molecular weight excluding hydrogens is 244 g/mol. The summed E-state index contributed by atoms with van der Waals surface area (Å²) in [4.78, 5) is 10.4. The maximum Gasteiger partial charge on any atom is 0.271 e. The number of hydrogen-bond donors (Lipinski definition) is 1. The second-order valence-electron chi connectivity index (χ2n) is 4.59. The molecule has 0 aliphatic carbocycles. The number of benzene rings is 1. The number of aryl methyl sites for hydroxylation is 1. The van der Waals surface area contributed by atoms with Crippen molar-refractivity contribution in [1.82, 2.24) is 0 Å². The quantitative estimate of drug-likeness (QED) is 0.659. The van der Waals surface area contributed by atoms with E-state index in [0.29, 0.717) is 0 Å². The van der Waals surface area contributed by atoms with Crippen LogP contribution in [0, 0.1) is 17.0 Å². The number of rotatable bonds is 5. The lowest BCUT2D eigenvalue weighted by molar-refractivity contribution is -0.384. The maximum atomic E-state index is 10.8. The fourth-order valence-corrected chi connectivity index (χ4v) is 1.93. The predicted octanol–water partition coefficient (Wildman–Crippen LogP) is 3.54. The van der Waals surface area contributed by atoms with Gasteiger partial charge >= 0.3 is 0 Å². The molecule has 0 spiro atoms. The first-order valence-corrected chi connectivity index (χ1v) is 6.10. The number of nitro benzene ring substituents is 1. The molecular formula is C14H16N2O3. The van der Waals surface area contributed by atoms with Crippen molar-refractivity contribution in [2.24, 2.45) is 0 Å². The average molecular weight is 260 g/mol. The molecule has 2 aromatic rings. The number of non-ortho nitro benzene ring substituents is 1. The normalized spacial score (nSPS) is 12.1. The van der Waals surface area contributed by atoms with Crippen LogP contribution in [0.1, 0.15) is 18.2 Å². The summed E-state index contributed by atoms with van der Waals surface area (Å²) in [6.07, 6.45) is 2.37. The monoisotopic (exact) mass is 260 g/mol. The molecule has 1 aromatic heterocycles. The zero-order valence-corrected chi connectivity index (χ0v) is 10.9. The van der Waals surface area contributed by atoms with E-state index >= 15 is 0 Å². The van der Waals surface area contributed by atoms with E-state index < -0.39 is 0 Å². The molecule has 0 saturated carbocycles. The van der Waals surface area contributed by atoms with Gasteiger partial charge in [0.1, 0.15) is 5.76 Å². The highest BCUT2D eigenvalue weighted by atomic mass is 16.6. The highest BCUT2D eigenvalue weighted by molar-refractivity contribution is 5.57. The third-order valence-corrected chi connectivity index (χ3v) is 2.92. The minimum atomic E-state index is -0.387. The van der Waals surface area contributed by atoms with Crippen LogP contribution in [0.3, 0.4) is 0 Å². The Kier molecular flexibility index (Phi) is 3.85. The molecule has 5 heteroatoms. The lowest BCUT2D eigenvalue weighted by Crippen LogP contribution is -2.18. The van der Waals surface area contributed by atoms with Crippen LogP contribution in [-0.4, -0.2) is 11.0 Å². The van der Waals surface area contributed by atoms with Crippen molar-refractivity contribution in [3.63, 3.8) is 0 Å². The van der Waals surface area contributed by atoms with Gasteiger partial charge in [0.2, 0.25) is 0 Å². The third kappa shape index (κ3) is 3.34. The van der Waals surface area contributed by atoms with Gasteiger partial charge in [-0.15, -0.1) is 0 Å². The van der Waals surface area contributed by atoms with Crippen LogP contribution in [-0.2, 0) is 6.42 Å². The molecule has 0 aliphatic rings. The summed E-state index contributed by atoms with van der Waals surface area (Å²) in [7, 11) is 0. The van der Waals surface area contributed by atoms with Gasteiger partial charge in [0.25, 0.3) is 5.69 Å². The minimum absolute atomic E-state index is 0.0956. The first-order chi connectivity index (χ1) is 9.06. The number of nitrogens with zero attached hydrogens (tertiary/aromatic N) is 1. The van der Waals surface area contributed by atoms with Gasteiger partial charge in [-0.3, -0.25) is 10.1 Å². The van der Waals surface area contributed by atoms with E-state index in [9.17, 15) is 10.1 Å². The van der Waals surface area contributed by atoms with Crippen LogP contribution < -0.4 is 5.32 Å². The first kappa shape index (κ1) is 13.1. The standard InChI is InChI=1S/C14H16N2O3/c1-10-5-6-12(16(17)18)9-14(10)15-11(2)8-13-4-3-7-19-13/h3-7,9,11,15H,8H2,1-2H3. The molecule has 0 radical (unpaired) electrons. The molecule has 19 heavy (non-hydrogen) atoms. The molecule has 0 saturated heterocycles. The van der Waals surface area contributed by atoms with Crippen molar-refractivity contribution < 1.29 is 9.34 Å². The summed E-state index contributed by atoms with van der Waals surface area (Å²) >= 11 is 0. The largest absolute Gasteiger partial charge is 0.469 e. The van der Waals surface area contributed by atoms with E-state index in [2.05, 4.69) is 5.32 Å². The van der Waals surface area contributed by atoms with Crippen LogP contribution in [0.25, 0.3) is 0 Å². The lowest BCUT2D eigenvalue weighted by Gasteiger charge is -2.15. The molecule has 0 bridgehead atoms. The van der Waals surface area contributed by atoms with Crippen LogP contribution >= 0.6 is 0 Å². The molecule has 100 valence electrons. The van der Waals surface area contributed by atoms with E-state index in [0.717, 1.165) is 23.4 Å². The molecule has 1 unspecified atom stereocenters. The van der Waals surface area contributed by atoms with E-state index in [-0.39, 0.29) is 16.7 Å². The highest BCUT2D eigenvalue weighted by Crippen LogP contribution is 2.23. The molecule has 2 rings (SSSR count). The SMILES string of the molecule is Cc1ccc([N+](=O)[O-])cc1NC(C)Cc1ccco1. The Morgan fingerprint density at radius 1 is 1.42 bits per heavy atom. The van der Waals surface area contributed by atoms with Gasteiger partial charge in [-0.2, -0.15) is 0 Å². The number of nitro groups is 1. The van der Waals surface area contributed by atoms with Crippen molar-refractivity contribution in [3.05, 3.63) is 58.0 Å². The fourth-order valence-electron chi connectivity index (χ4n) is 1.93.